The third-order valence-electron chi connectivity index (χ3n) is 3.12. The number of aromatic nitrogens is 1. The minimum absolute atomic E-state index is 0.0869. The Morgan fingerprint density at radius 2 is 2.53 bits per heavy atom. The SMILES string of the molecule is Cc1cc(C(=O)N(C)CC2CCCNC2)on1. The van der Waals surface area contributed by atoms with Crippen molar-refractivity contribution in [2.24, 2.45) is 5.92 Å². The molecule has 1 aliphatic heterocycles. The number of carbonyl (C=O) groups is 1. The fourth-order valence-corrected chi connectivity index (χ4v) is 2.20. The molecule has 1 amide bonds. The molecule has 17 heavy (non-hydrogen) atoms. The Kier molecular flexibility index (Phi) is 3.78. The van der Waals surface area contributed by atoms with Crippen molar-refractivity contribution in [1.82, 2.24) is 15.4 Å². The molecule has 0 aliphatic carbocycles. The van der Waals surface area contributed by atoms with Gasteiger partial charge in [0.15, 0.2) is 0 Å². The Hall–Kier alpha value is -1.36. The first-order valence-electron chi connectivity index (χ1n) is 6.06. The van der Waals surface area contributed by atoms with Gasteiger partial charge in [-0.3, -0.25) is 4.79 Å². The van der Waals surface area contributed by atoms with Crippen LogP contribution in [0.2, 0.25) is 0 Å². The van der Waals surface area contributed by atoms with Crippen LogP contribution in [0.5, 0.6) is 0 Å². The summed E-state index contributed by atoms with van der Waals surface area (Å²) in [4.78, 5) is 13.7. The summed E-state index contributed by atoms with van der Waals surface area (Å²) in [6.07, 6.45) is 2.37. The summed E-state index contributed by atoms with van der Waals surface area (Å²) in [5.41, 5.74) is 0.737. The number of aryl methyl sites for hydroxylation is 1. The smallest absolute Gasteiger partial charge is 0.292 e. The van der Waals surface area contributed by atoms with Crippen molar-refractivity contribution in [1.29, 1.82) is 0 Å². The highest BCUT2D eigenvalue weighted by atomic mass is 16.5. The number of hydrogen-bond acceptors (Lipinski definition) is 4. The van der Waals surface area contributed by atoms with Gasteiger partial charge in [0, 0.05) is 19.7 Å². The zero-order valence-electron chi connectivity index (χ0n) is 10.4. The van der Waals surface area contributed by atoms with Crippen molar-refractivity contribution in [3.8, 4) is 0 Å². The minimum Gasteiger partial charge on any atom is -0.351 e. The van der Waals surface area contributed by atoms with Crippen LogP contribution >= 0.6 is 0 Å². The van der Waals surface area contributed by atoms with Crippen molar-refractivity contribution < 1.29 is 9.32 Å². The van der Waals surface area contributed by atoms with Crippen LogP contribution in [0.15, 0.2) is 10.6 Å². The van der Waals surface area contributed by atoms with Gasteiger partial charge < -0.3 is 14.7 Å². The van der Waals surface area contributed by atoms with E-state index >= 15 is 0 Å². The van der Waals surface area contributed by atoms with Crippen LogP contribution in [0.25, 0.3) is 0 Å². The second kappa shape index (κ2) is 5.31. The number of hydrogen-bond donors (Lipinski definition) is 1. The Morgan fingerprint density at radius 1 is 1.71 bits per heavy atom. The topological polar surface area (TPSA) is 58.4 Å². The van der Waals surface area contributed by atoms with Crippen LogP contribution in [0.4, 0.5) is 0 Å². The summed E-state index contributed by atoms with van der Waals surface area (Å²) < 4.78 is 4.98. The van der Waals surface area contributed by atoms with Crippen molar-refractivity contribution in [2.75, 3.05) is 26.7 Å². The number of piperidine rings is 1. The molecule has 0 aromatic carbocycles. The molecule has 1 aromatic rings. The summed E-state index contributed by atoms with van der Waals surface area (Å²) in [5.74, 6) is 0.784. The van der Waals surface area contributed by atoms with Gasteiger partial charge >= 0.3 is 0 Å². The van der Waals surface area contributed by atoms with Gasteiger partial charge in [0.05, 0.1) is 5.69 Å². The molecule has 5 nitrogen and oxygen atoms in total. The highest BCUT2D eigenvalue weighted by Crippen LogP contribution is 2.13. The lowest BCUT2D eigenvalue weighted by molar-refractivity contribution is 0.0723. The van der Waals surface area contributed by atoms with Crippen LogP contribution in [0, 0.1) is 12.8 Å². The molecule has 0 saturated carbocycles. The van der Waals surface area contributed by atoms with Gasteiger partial charge in [0.2, 0.25) is 5.76 Å². The highest BCUT2D eigenvalue weighted by molar-refractivity contribution is 5.91. The average molecular weight is 237 g/mol. The zero-order valence-corrected chi connectivity index (χ0v) is 10.4. The van der Waals surface area contributed by atoms with Gasteiger partial charge in [0.1, 0.15) is 0 Å². The first-order chi connectivity index (χ1) is 8.16. The molecule has 1 fully saturated rings. The van der Waals surface area contributed by atoms with E-state index in [1.165, 1.54) is 12.8 Å². The number of rotatable bonds is 3. The van der Waals surface area contributed by atoms with E-state index in [1.54, 1.807) is 11.0 Å². The van der Waals surface area contributed by atoms with E-state index in [0.717, 1.165) is 25.3 Å². The fourth-order valence-electron chi connectivity index (χ4n) is 2.20. The molecule has 94 valence electrons. The van der Waals surface area contributed by atoms with E-state index in [9.17, 15) is 4.79 Å². The quantitative estimate of drug-likeness (QED) is 0.854. The second-order valence-electron chi connectivity index (χ2n) is 4.73. The average Bonchev–Trinajstić information content (AvgIpc) is 2.76. The van der Waals surface area contributed by atoms with Crippen molar-refractivity contribution >= 4 is 5.91 Å². The molecular weight excluding hydrogens is 218 g/mol. The van der Waals surface area contributed by atoms with E-state index in [4.69, 9.17) is 4.52 Å². The van der Waals surface area contributed by atoms with E-state index in [1.807, 2.05) is 14.0 Å². The standard InChI is InChI=1S/C12H19N3O2/c1-9-6-11(17-14-9)12(16)15(2)8-10-4-3-5-13-7-10/h6,10,13H,3-5,7-8H2,1-2H3. The third-order valence-corrected chi connectivity index (χ3v) is 3.12. The third kappa shape index (κ3) is 3.06. The first-order valence-corrected chi connectivity index (χ1v) is 6.06. The summed E-state index contributed by atoms with van der Waals surface area (Å²) in [7, 11) is 1.81. The Balaban J connectivity index is 1.90. The molecule has 1 N–H and O–H groups in total. The Morgan fingerprint density at radius 3 is 3.12 bits per heavy atom. The molecule has 1 aromatic heterocycles. The van der Waals surface area contributed by atoms with Gasteiger partial charge in [-0.05, 0) is 38.8 Å². The molecule has 1 unspecified atom stereocenters. The van der Waals surface area contributed by atoms with E-state index in [-0.39, 0.29) is 5.91 Å². The Bertz CT molecular complexity index is 383. The number of carbonyl (C=O) groups excluding carboxylic acids is 1. The molecule has 0 spiro atoms. The highest BCUT2D eigenvalue weighted by Gasteiger charge is 2.21. The first kappa shape index (κ1) is 12.1. The van der Waals surface area contributed by atoms with Gasteiger partial charge in [-0.1, -0.05) is 5.16 Å². The predicted molar refractivity (Wildman–Crippen MR) is 63.8 cm³/mol. The largest absolute Gasteiger partial charge is 0.351 e. The van der Waals surface area contributed by atoms with E-state index in [0.29, 0.717) is 11.7 Å². The normalized spacial score (nSPS) is 20.2. The van der Waals surface area contributed by atoms with Crippen molar-refractivity contribution in [3.63, 3.8) is 0 Å². The van der Waals surface area contributed by atoms with Gasteiger partial charge in [-0.15, -0.1) is 0 Å². The maximum atomic E-state index is 12.0. The Labute approximate surface area is 101 Å². The van der Waals surface area contributed by atoms with Crippen LogP contribution < -0.4 is 5.32 Å². The molecule has 1 saturated heterocycles. The molecule has 0 radical (unpaired) electrons. The molecule has 2 heterocycles. The van der Waals surface area contributed by atoms with Gasteiger partial charge in [-0.2, -0.15) is 0 Å². The number of nitrogens with one attached hydrogen (secondary N) is 1. The number of nitrogens with zero attached hydrogens (tertiary/aromatic N) is 2. The monoisotopic (exact) mass is 237 g/mol. The summed E-state index contributed by atoms with van der Waals surface area (Å²) in [5, 5.41) is 7.08. The van der Waals surface area contributed by atoms with Gasteiger partial charge in [0.25, 0.3) is 5.91 Å². The molecule has 1 atom stereocenters. The van der Waals surface area contributed by atoms with Crippen LogP contribution in [0.1, 0.15) is 29.1 Å². The summed E-state index contributed by atoms with van der Waals surface area (Å²) >= 11 is 0. The van der Waals surface area contributed by atoms with E-state index < -0.39 is 0 Å². The summed E-state index contributed by atoms with van der Waals surface area (Å²) in [6.45, 7) is 4.67. The molecule has 5 heteroatoms. The van der Waals surface area contributed by atoms with Crippen molar-refractivity contribution in [3.05, 3.63) is 17.5 Å². The molecule has 0 bridgehead atoms. The summed E-state index contributed by atoms with van der Waals surface area (Å²) in [6, 6.07) is 1.68. The van der Waals surface area contributed by atoms with Crippen LogP contribution in [-0.2, 0) is 0 Å². The predicted octanol–water partition coefficient (Wildman–Crippen LogP) is 1.05. The maximum absolute atomic E-state index is 12.0. The molecule has 1 aliphatic rings. The van der Waals surface area contributed by atoms with Crippen LogP contribution in [-0.4, -0.2) is 42.6 Å². The number of amides is 1. The lowest BCUT2D eigenvalue weighted by Crippen LogP contribution is -2.39. The lowest BCUT2D eigenvalue weighted by atomic mass is 9.99. The van der Waals surface area contributed by atoms with Crippen molar-refractivity contribution in [2.45, 2.75) is 19.8 Å². The van der Waals surface area contributed by atoms with Gasteiger partial charge in [-0.25, -0.2) is 0 Å². The maximum Gasteiger partial charge on any atom is 0.292 e. The lowest BCUT2D eigenvalue weighted by Gasteiger charge is -2.27. The fraction of sp³-hybridized carbons (Fsp3) is 0.667. The molecular formula is C12H19N3O2. The van der Waals surface area contributed by atoms with E-state index in [2.05, 4.69) is 10.5 Å². The minimum atomic E-state index is -0.0869. The zero-order chi connectivity index (χ0) is 12.3. The molecule has 2 rings (SSSR count). The second-order valence-corrected chi connectivity index (χ2v) is 4.73. The van der Waals surface area contributed by atoms with Crippen LogP contribution in [0.3, 0.4) is 0 Å².